The molecule has 2 aromatic carbocycles. The van der Waals surface area contributed by atoms with Gasteiger partial charge in [0.05, 0.1) is 17.5 Å². The lowest BCUT2D eigenvalue weighted by atomic mass is 10.1. The minimum absolute atomic E-state index is 0.0545. The number of hydrogen-bond acceptors (Lipinski definition) is 2. The molecule has 0 aliphatic rings. The van der Waals surface area contributed by atoms with Gasteiger partial charge in [-0.05, 0) is 35.4 Å². The molecule has 0 aliphatic carbocycles. The predicted molar refractivity (Wildman–Crippen MR) is 79.9 cm³/mol. The van der Waals surface area contributed by atoms with E-state index < -0.39 is 0 Å². The summed E-state index contributed by atoms with van der Waals surface area (Å²) in [5, 5.41) is 3.20. The van der Waals surface area contributed by atoms with Crippen LogP contribution in [-0.2, 0) is 11.2 Å². The molecule has 0 saturated carbocycles. The number of nitrogens with one attached hydrogen (secondary N) is 2. The summed E-state index contributed by atoms with van der Waals surface area (Å²) in [7, 11) is 0. The molecule has 0 spiro atoms. The quantitative estimate of drug-likeness (QED) is 0.775. The number of fused-ring (bicyclic) bond motifs is 1. The molecule has 0 unspecified atom stereocenters. The molecule has 5 heteroatoms. The molecule has 1 aromatic heterocycles. The van der Waals surface area contributed by atoms with E-state index in [1.54, 1.807) is 0 Å². The first-order valence-electron chi connectivity index (χ1n) is 6.20. The number of anilines is 1. The number of carbonyl (C=O) groups excluding carboxylic acids is 1. The number of imidazole rings is 1. The monoisotopic (exact) mass is 285 g/mol. The van der Waals surface area contributed by atoms with Gasteiger partial charge in [0.2, 0.25) is 11.2 Å². The average molecular weight is 286 g/mol. The second-order valence-electron chi connectivity index (χ2n) is 4.47. The van der Waals surface area contributed by atoms with Gasteiger partial charge in [0.25, 0.3) is 0 Å². The molecule has 3 aromatic rings. The molecule has 2 N–H and O–H groups in total. The highest BCUT2D eigenvalue weighted by Crippen LogP contribution is 2.19. The molecule has 4 nitrogen and oxygen atoms in total. The molecule has 1 heterocycles. The second-order valence-corrected chi connectivity index (χ2v) is 4.83. The Labute approximate surface area is 120 Å². The Morgan fingerprint density at radius 1 is 1.20 bits per heavy atom. The van der Waals surface area contributed by atoms with E-state index in [2.05, 4.69) is 15.3 Å². The zero-order valence-electron chi connectivity index (χ0n) is 10.6. The molecule has 0 saturated heterocycles. The van der Waals surface area contributed by atoms with Gasteiger partial charge in [-0.15, -0.1) is 0 Å². The summed E-state index contributed by atoms with van der Waals surface area (Å²) in [5.74, 6) is -0.0545. The molecule has 0 atom stereocenters. The largest absolute Gasteiger partial charge is 0.329 e. The topological polar surface area (TPSA) is 57.8 Å². The van der Waals surface area contributed by atoms with Crippen molar-refractivity contribution in [2.24, 2.45) is 0 Å². The van der Waals surface area contributed by atoms with E-state index in [-0.39, 0.29) is 5.91 Å². The lowest BCUT2D eigenvalue weighted by Crippen LogP contribution is -2.14. The number of aromatic nitrogens is 2. The van der Waals surface area contributed by atoms with Crippen LogP contribution < -0.4 is 5.32 Å². The van der Waals surface area contributed by atoms with Gasteiger partial charge in [-0.1, -0.05) is 30.3 Å². The van der Waals surface area contributed by atoms with Crippen molar-refractivity contribution in [3.63, 3.8) is 0 Å². The summed E-state index contributed by atoms with van der Waals surface area (Å²) in [4.78, 5) is 19.0. The number of nitrogens with zero attached hydrogens (tertiary/aromatic N) is 1. The van der Waals surface area contributed by atoms with Crippen molar-refractivity contribution in [1.82, 2.24) is 9.97 Å². The fraction of sp³-hybridized carbons (Fsp3) is 0.0667. The minimum atomic E-state index is -0.0545. The van der Waals surface area contributed by atoms with E-state index in [1.807, 2.05) is 48.5 Å². The summed E-state index contributed by atoms with van der Waals surface area (Å²) >= 11 is 5.79. The van der Waals surface area contributed by atoms with E-state index in [9.17, 15) is 4.79 Å². The van der Waals surface area contributed by atoms with Gasteiger partial charge >= 0.3 is 0 Å². The number of amides is 1. The van der Waals surface area contributed by atoms with Crippen LogP contribution in [0.15, 0.2) is 48.5 Å². The highest BCUT2D eigenvalue weighted by molar-refractivity contribution is 6.29. The maximum atomic E-state index is 12.0. The van der Waals surface area contributed by atoms with Gasteiger partial charge in [0.1, 0.15) is 0 Å². The molecule has 20 heavy (non-hydrogen) atoms. The number of aromatic amines is 1. The van der Waals surface area contributed by atoms with Gasteiger partial charge in [0.15, 0.2) is 0 Å². The lowest BCUT2D eigenvalue weighted by molar-refractivity contribution is -0.115. The van der Waals surface area contributed by atoms with Gasteiger partial charge in [-0.2, -0.15) is 0 Å². The van der Waals surface area contributed by atoms with Crippen LogP contribution in [0.2, 0.25) is 5.28 Å². The van der Waals surface area contributed by atoms with Crippen LogP contribution in [0.4, 0.5) is 5.69 Å². The number of halogens is 1. The fourth-order valence-electron chi connectivity index (χ4n) is 2.04. The average Bonchev–Trinajstić information content (AvgIpc) is 2.79. The van der Waals surface area contributed by atoms with Crippen LogP contribution in [0.3, 0.4) is 0 Å². The van der Waals surface area contributed by atoms with E-state index in [1.165, 1.54) is 0 Å². The Balaban J connectivity index is 1.74. The normalized spacial score (nSPS) is 10.7. The molecule has 0 bridgehead atoms. The van der Waals surface area contributed by atoms with Gasteiger partial charge < -0.3 is 10.3 Å². The Bertz CT molecular complexity index is 752. The summed E-state index contributed by atoms with van der Waals surface area (Å²) in [6, 6.07) is 15.1. The van der Waals surface area contributed by atoms with Crippen molar-refractivity contribution < 1.29 is 4.79 Å². The van der Waals surface area contributed by atoms with Crippen molar-refractivity contribution in [2.75, 3.05) is 5.32 Å². The lowest BCUT2D eigenvalue weighted by Gasteiger charge is -2.05. The van der Waals surface area contributed by atoms with Crippen molar-refractivity contribution in [3.8, 4) is 0 Å². The number of carbonyl (C=O) groups is 1. The number of rotatable bonds is 3. The third kappa shape index (κ3) is 2.81. The third-order valence-electron chi connectivity index (χ3n) is 2.94. The maximum absolute atomic E-state index is 12.0. The van der Waals surface area contributed by atoms with E-state index in [4.69, 9.17) is 11.6 Å². The Hall–Kier alpha value is -2.33. The van der Waals surface area contributed by atoms with Crippen LogP contribution in [0.5, 0.6) is 0 Å². The van der Waals surface area contributed by atoms with Crippen LogP contribution in [0, 0.1) is 0 Å². The third-order valence-corrected chi connectivity index (χ3v) is 3.12. The zero-order valence-corrected chi connectivity index (χ0v) is 11.3. The standard InChI is InChI=1S/C15H12ClN3O/c16-15-18-12-7-6-11(9-13(12)19-15)17-14(20)8-10-4-2-1-3-5-10/h1-7,9H,8H2,(H,17,20)(H,18,19). The van der Waals surface area contributed by atoms with Crippen molar-refractivity contribution in [2.45, 2.75) is 6.42 Å². The van der Waals surface area contributed by atoms with E-state index in [0.29, 0.717) is 11.7 Å². The van der Waals surface area contributed by atoms with E-state index >= 15 is 0 Å². The summed E-state index contributed by atoms with van der Waals surface area (Å²) < 4.78 is 0. The molecular weight excluding hydrogens is 274 g/mol. The molecule has 0 radical (unpaired) electrons. The Morgan fingerprint density at radius 3 is 2.80 bits per heavy atom. The Morgan fingerprint density at radius 2 is 2.00 bits per heavy atom. The number of hydrogen-bond donors (Lipinski definition) is 2. The van der Waals surface area contributed by atoms with Crippen molar-refractivity contribution in [3.05, 3.63) is 59.4 Å². The molecular formula is C15H12ClN3O. The molecule has 0 aliphatic heterocycles. The second kappa shape index (κ2) is 5.35. The van der Waals surface area contributed by atoms with Crippen molar-refractivity contribution >= 4 is 34.2 Å². The number of H-pyrrole nitrogens is 1. The maximum Gasteiger partial charge on any atom is 0.228 e. The molecule has 3 rings (SSSR count). The highest BCUT2D eigenvalue weighted by atomic mass is 35.5. The van der Waals surface area contributed by atoms with Gasteiger partial charge in [0, 0.05) is 5.69 Å². The molecule has 100 valence electrons. The van der Waals surface area contributed by atoms with Crippen LogP contribution >= 0.6 is 11.6 Å². The highest BCUT2D eigenvalue weighted by Gasteiger charge is 2.06. The van der Waals surface area contributed by atoms with E-state index in [0.717, 1.165) is 22.3 Å². The first-order valence-corrected chi connectivity index (χ1v) is 6.57. The summed E-state index contributed by atoms with van der Waals surface area (Å²) in [6.45, 7) is 0. The first kappa shape index (κ1) is 12.7. The first-order chi connectivity index (χ1) is 9.70. The van der Waals surface area contributed by atoms with Gasteiger partial charge in [-0.3, -0.25) is 4.79 Å². The number of benzene rings is 2. The van der Waals surface area contributed by atoms with Crippen LogP contribution in [-0.4, -0.2) is 15.9 Å². The SMILES string of the molecule is O=C(Cc1ccccc1)Nc1ccc2nc(Cl)[nH]c2c1. The minimum Gasteiger partial charge on any atom is -0.329 e. The van der Waals surface area contributed by atoms with Crippen LogP contribution in [0.25, 0.3) is 11.0 Å². The predicted octanol–water partition coefficient (Wildman–Crippen LogP) is 3.40. The fourth-order valence-corrected chi connectivity index (χ4v) is 2.24. The molecule has 0 fully saturated rings. The van der Waals surface area contributed by atoms with Crippen LogP contribution in [0.1, 0.15) is 5.56 Å². The zero-order chi connectivity index (χ0) is 13.9. The van der Waals surface area contributed by atoms with Gasteiger partial charge in [-0.25, -0.2) is 4.98 Å². The molecule has 1 amide bonds. The summed E-state index contributed by atoms with van der Waals surface area (Å²) in [5.41, 5.74) is 3.28. The Kier molecular flexibility index (Phi) is 3.39. The smallest absolute Gasteiger partial charge is 0.228 e. The van der Waals surface area contributed by atoms with Crippen molar-refractivity contribution in [1.29, 1.82) is 0 Å². The summed E-state index contributed by atoms with van der Waals surface area (Å²) in [6.07, 6.45) is 0.350.